The monoisotopic (exact) mass is 157 g/mol. The minimum atomic E-state index is 0.440. The highest BCUT2D eigenvalue weighted by atomic mass is 16.6. The number of ether oxygens (including phenoxy) is 1. The molecule has 0 bridgehead atoms. The molecule has 2 unspecified atom stereocenters. The molecule has 0 amide bonds. The summed E-state index contributed by atoms with van der Waals surface area (Å²) >= 11 is 0. The van der Waals surface area contributed by atoms with Crippen LogP contribution < -0.4 is 0 Å². The molecule has 11 heavy (non-hydrogen) atoms. The van der Waals surface area contributed by atoms with Crippen LogP contribution >= 0.6 is 0 Å². The van der Waals surface area contributed by atoms with Gasteiger partial charge in [-0.1, -0.05) is 13.8 Å². The van der Waals surface area contributed by atoms with Crippen LogP contribution in [-0.4, -0.2) is 30.3 Å². The van der Waals surface area contributed by atoms with E-state index in [0.717, 1.165) is 0 Å². The summed E-state index contributed by atoms with van der Waals surface area (Å²) in [5.74, 6) is 0. The first-order valence-electron chi connectivity index (χ1n) is 4.69. The quantitative estimate of drug-likeness (QED) is 0.566. The van der Waals surface area contributed by atoms with Crippen molar-refractivity contribution in [1.82, 2.24) is 4.90 Å². The lowest BCUT2D eigenvalue weighted by molar-refractivity contribution is 0.175. The highest BCUT2D eigenvalue weighted by molar-refractivity contribution is 4.80. The molecule has 0 aromatic rings. The molecule has 2 atom stereocenters. The van der Waals surface area contributed by atoms with Crippen molar-refractivity contribution in [2.24, 2.45) is 0 Å². The number of rotatable bonds is 5. The third-order valence-electron chi connectivity index (χ3n) is 2.06. The van der Waals surface area contributed by atoms with E-state index in [4.69, 9.17) is 4.74 Å². The van der Waals surface area contributed by atoms with E-state index in [0.29, 0.717) is 12.3 Å². The molecule has 0 saturated carbocycles. The van der Waals surface area contributed by atoms with Crippen molar-refractivity contribution >= 4 is 0 Å². The maximum atomic E-state index is 5.41. The predicted octanol–water partition coefficient (Wildman–Crippen LogP) is 1.85. The zero-order chi connectivity index (χ0) is 8.27. The van der Waals surface area contributed by atoms with E-state index in [9.17, 15) is 0 Å². The van der Waals surface area contributed by atoms with Crippen molar-refractivity contribution in [2.75, 3.05) is 13.1 Å². The van der Waals surface area contributed by atoms with Crippen LogP contribution in [0.15, 0.2) is 0 Å². The first-order chi connectivity index (χ1) is 5.29. The van der Waals surface area contributed by atoms with Crippen molar-refractivity contribution in [3.8, 4) is 0 Å². The summed E-state index contributed by atoms with van der Waals surface area (Å²) in [5.41, 5.74) is 0. The molecule has 0 aliphatic carbocycles. The van der Waals surface area contributed by atoms with Gasteiger partial charge in [0.2, 0.25) is 0 Å². The average Bonchev–Trinajstić information content (AvgIpc) is 2.67. The third kappa shape index (κ3) is 2.46. The lowest BCUT2D eigenvalue weighted by Gasteiger charge is -2.17. The Balaban J connectivity index is 2.22. The van der Waals surface area contributed by atoms with E-state index in [2.05, 4.69) is 25.7 Å². The van der Waals surface area contributed by atoms with Gasteiger partial charge < -0.3 is 4.74 Å². The Morgan fingerprint density at radius 3 is 1.91 bits per heavy atom. The van der Waals surface area contributed by atoms with Gasteiger partial charge in [0.1, 0.15) is 6.23 Å². The molecular weight excluding hydrogens is 138 g/mol. The smallest absolute Gasteiger partial charge is 0.137 e. The molecule has 66 valence electrons. The summed E-state index contributed by atoms with van der Waals surface area (Å²) in [7, 11) is 0. The molecule has 2 nitrogen and oxygen atoms in total. The first kappa shape index (κ1) is 9.01. The van der Waals surface area contributed by atoms with Crippen molar-refractivity contribution in [2.45, 2.75) is 45.9 Å². The van der Waals surface area contributed by atoms with Gasteiger partial charge in [0.05, 0.1) is 6.10 Å². The van der Waals surface area contributed by atoms with Gasteiger partial charge in [0, 0.05) is 13.1 Å². The van der Waals surface area contributed by atoms with Crippen molar-refractivity contribution in [3.63, 3.8) is 0 Å². The summed E-state index contributed by atoms with van der Waals surface area (Å²) < 4.78 is 5.41. The molecule has 1 aliphatic heterocycles. The molecule has 0 N–H and O–H groups in total. The zero-order valence-corrected chi connectivity index (χ0v) is 7.84. The second kappa shape index (κ2) is 4.07. The van der Waals surface area contributed by atoms with Crippen LogP contribution in [0.3, 0.4) is 0 Å². The minimum Gasteiger partial charge on any atom is -0.353 e. The van der Waals surface area contributed by atoms with E-state index in [1.54, 1.807) is 0 Å². The summed E-state index contributed by atoms with van der Waals surface area (Å²) in [6, 6.07) is 0. The van der Waals surface area contributed by atoms with E-state index in [1.165, 1.54) is 25.9 Å². The Bertz CT molecular complexity index is 110. The molecule has 1 saturated heterocycles. The third-order valence-corrected chi connectivity index (χ3v) is 2.06. The first-order valence-corrected chi connectivity index (χ1v) is 4.69. The fourth-order valence-electron chi connectivity index (χ4n) is 1.50. The Morgan fingerprint density at radius 1 is 1.18 bits per heavy atom. The minimum absolute atomic E-state index is 0.440. The van der Waals surface area contributed by atoms with Crippen LogP contribution in [0.5, 0.6) is 0 Å². The second-order valence-corrected chi connectivity index (χ2v) is 3.27. The molecule has 1 fully saturated rings. The van der Waals surface area contributed by atoms with Crippen molar-refractivity contribution in [1.29, 1.82) is 0 Å². The Kier molecular flexibility index (Phi) is 3.34. The standard InChI is InChI=1S/C9H19NO/c1-4-6-10(7-5-2)9-8(3)11-9/h8-9H,4-7H2,1-3H3. The number of hydrogen-bond donors (Lipinski definition) is 0. The van der Waals surface area contributed by atoms with Gasteiger partial charge in [-0.15, -0.1) is 0 Å². The molecule has 1 heterocycles. The van der Waals surface area contributed by atoms with Crippen LogP contribution in [0.2, 0.25) is 0 Å². The largest absolute Gasteiger partial charge is 0.353 e. The summed E-state index contributed by atoms with van der Waals surface area (Å²) in [5, 5.41) is 0. The van der Waals surface area contributed by atoms with Crippen molar-refractivity contribution < 1.29 is 4.74 Å². The molecular formula is C9H19NO. The molecule has 2 heteroatoms. The lowest BCUT2D eigenvalue weighted by Crippen LogP contribution is -2.29. The zero-order valence-electron chi connectivity index (χ0n) is 7.84. The SMILES string of the molecule is CCCN(CCC)C1OC1C. The predicted molar refractivity (Wildman–Crippen MR) is 46.5 cm³/mol. The van der Waals surface area contributed by atoms with Crippen LogP contribution in [0.4, 0.5) is 0 Å². The molecule has 1 rings (SSSR count). The Morgan fingerprint density at radius 2 is 1.64 bits per heavy atom. The highest BCUT2D eigenvalue weighted by Gasteiger charge is 2.38. The van der Waals surface area contributed by atoms with Gasteiger partial charge in [-0.05, 0) is 19.8 Å². The highest BCUT2D eigenvalue weighted by Crippen LogP contribution is 2.25. The second-order valence-electron chi connectivity index (χ2n) is 3.27. The van der Waals surface area contributed by atoms with Gasteiger partial charge in [0.25, 0.3) is 0 Å². The number of nitrogens with zero attached hydrogens (tertiary/aromatic N) is 1. The van der Waals surface area contributed by atoms with Crippen LogP contribution in [0.25, 0.3) is 0 Å². The molecule has 0 aromatic heterocycles. The Labute approximate surface area is 69.5 Å². The molecule has 1 aliphatic rings. The molecule has 0 spiro atoms. The summed E-state index contributed by atoms with van der Waals surface area (Å²) in [6.45, 7) is 8.94. The number of epoxide rings is 1. The molecule has 0 aromatic carbocycles. The Hall–Kier alpha value is -0.0800. The number of hydrogen-bond acceptors (Lipinski definition) is 2. The van der Waals surface area contributed by atoms with E-state index >= 15 is 0 Å². The van der Waals surface area contributed by atoms with Crippen LogP contribution in [-0.2, 0) is 4.74 Å². The average molecular weight is 157 g/mol. The topological polar surface area (TPSA) is 15.8 Å². The van der Waals surface area contributed by atoms with Gasteiger partial charge in [-0.25, -0.2) is 0 Å². The maximum absolute atomic E-state index is 5.41. The van der Waals surface area contributed by atoms with Gasteiger partial charge in [-0.3, -0.25) is 4.90 Å². The maximum Gasteiger partial charge on any atom is 0.137 e. The van der Waals surface area contributed by atoms with Crippen molar-refractivity contribution in [3.05, 3.63) is 0 Å². The lowest BCUT2D eigenvalue weighted by atomic mass is 10.3. The van der Waals surface area contributed by atoms with Gasteiger partial charge >= 0.3 is 0 Å². The summed E-state index contributed by atoms with van der Waals surface area (Å²) in [4.78, 5) is 2.44. The normalized spacial score (nSPS) is 29.5. The summed E-state index contributed by atoms with van der Waals surface area (Å²) in [6.07, 6.45) is 3.38. The van der Waals surface area contributed by atoms with E-state index < -0.39 is 0 Å². The van der Waals surface area contributed by atoms with Crippen LogP contribution in [0, 0.1) is 0 Å². The van der Waals surface area contributed by atoms with Gasteiger partial charge in [-0.2, -0.15) is 0 Å². The van der Waals surface area contributed by atoms with Gasteiger partial charge in [0.15, 0.2) is 0 Å². The molecule has 0 radical (unpaired) electrons. The van der Waals surface area contributed by atoms with Crippen LogP contribution in [0.1, 0.15) is 33.6 Å². The van der Waals surface area contributed by atoms with E-state index in [1.807, 2.05) is 0 Å². The fraction of sp³-hybridized carbons (Fsp3) is 1.00. The van der Waals surface area contributed by atoms with E-state index in [-0.39, 0.29) is 0 Å². The fourth-order valence-corrected chi connectivity index (χ4v) is 1.50.